The van der Waals surface area contributed by atoms with E-state index in [4.69, 9.17) is 26.4 Å². The molecule has 0 bridgehead atoms. The highest BCUT2D eigenvalue weighted by molar-refractivity contribution is 7.80. The SMILES string of the molecule is COC(=S)NCc1cn(-c2cc(F)c(NCCNC(=O)C3COC(c4ccccc4)OC3)c(F)c2)nn1. The van der Waals surface area contributed by atoms with Crippen molar-refractivity contribution >= 4 is 29.0 Å². The van der Waals surface area contributed by atoms with Crippen molar-refractivity contribution in [1.82, 2.24) is 25.6 Å². The average Bonchev–Trinajstić information content (AvgIpc) is 3.40. The number of nitrogens with one attached hydrogen (secondary N) is 3. The number of methoxy groups -OCH3 is 1. The molecule has 3 N–H and O–H groups in total. The molecule has 0 aliphatic carbocycles. The highest BCUT2D eigenvalue weighted by Gasteiger charge is 2.28. The summed E-state index contributed by atoms with van der Waals surface area (Å²) in [6.45, 7) is 0.931. The first kappa shape index (κ1) is 26.4. The third-order valence-corrected chi connectivity index (χ3v) is 5.81. The van der Waals surface area contributed by atoms with Gasteiger partial charge in [-0.1, -0.05) is 35.5 Å². The number of aromatic nitrogens is 3. The van der Waals surface area contributed by atoms with Crippen LogP contribution in [0.15, 0.2) is 48.7 Å². The molecule has 1 amide bonds. The van der Waals surface area contributed by atoms with E-state index < -0.39 is 23.8 Å². The van der Waals surface area contributed by atoms with Gasteiger partial charge in [-0.3, -0.25) is 4.79 Å². The molecule has 196 valence electrons. The van der Waals surface area contributed by atoms with E-state index in [0.29, 0.717) is 5.69 Å². The van der Waals surface area contributed by atoms with E-state index in [1.807, 2.05) is 30.3 Å². The third-order valence-electron chi connectivity index (χ3n) is 5.50. The number of anilines is 1. The van der Waals surface area contributed by atoms with Crippen LogP contribution in [-0.2, 0) is 25.5 Å². The van der Waals surface area contributed by atoms with Crippen molar-refractivity contribution in [3.05, 3.63) is 71.6 Å². The van der Waals surface area contributed by atoms with E-state index in [1.165, 1.54) is 18.0 Å². The summed E-state index contributed by atoms with van der Waals surface area (Å²) in [5, 5.41) is 16.2. The molecule has 13 heteroatoms. The molecule has 1 fully saturated rings. The minimum atomic E-state index is -0.807. The molecule has 0 atom stereocenters. The maximum atomic E-state index is 14.6. The second kappa shape index (κ2) is 12.5. The molecule has 37 heavy (non-hydrogen) atoms. The van der Waals surface area contributed by atoms with Crippen molar-refractivity contribution in [3.63, 3.8) is 0 Å². The van der Waals surface area contributed by atoms with E-state index in [9.17, 15) is 13.6 Å². The molecule has 0 spiro atoms. The fourth-order valence-electron chi connectivity index (χ4n) is 3.58. The van der Waals surface area contributed by atoms with Gasteiger partial charge in [-0.15, -0.1) is 5.10 Å². The average molecular weight is 533 g/mol. The van der Waals surface area contributed by atoms with Gasteiger partial charge in [0, 0.05) is 30.8 Å². The van der Waals surface area contributed by atoms with Gasteiger partial charge < -0.3 is 30.2 Å². The molecule has 1 aliphatic heterocycles. The number of carbonyl (C=O) groups excluding carboxylic acids is 1. The lowest BCUT2D eigenvalue weighted by Gasteiger charge is -2.29. The molecular formula is C24H26F2N6O4S. The molecule has 0 radical (unpaired) electrons. The van der Waals surface area contributed by atoms with Crippen LogP contribution in [-0.4, -0.2) is 59.5 Å². The van der Waals surface area contributed by atoms with Gasteiger partial charge in [0.1, 0.15) is 11.4 Å². The number of carbonyl (C=O) groups is 1. The van der Waals surface area contributed by atoms with Crippen LogP contribution < -0.4 is 16.0 Å². The highest BCUT2D eigenvalue weighted by Crippen LogP contribution is 2.25. The Labute approximate surface area is 217 Å². The van der Waals surface area contributed by atoms with E-state index >= 15 is 0 Å². The van der Waals surface area contributed by atoms with Gasteiger partial charge in [0.15, 0.2) is 17.9 Å². The van der Waals surface area contributed by atoms with Gasteiger partial charge in [-0.25, -0.2) is 13.5 Å². The fourth-order valence-corrected chi connectivity index (χ4v) is 3.65. The minimum absolute atomic E-state index is 0.110. The monoisotopic (exact) mass is 532 g/mol. The number of amides is 1. The van der Waals surface area contributed by atoms with Crippen molar-refractivity contribution in [2.75, 3.05) is 38.7 Å². The Kier molecular flexibility index (Phi) is 8.93. The summed E-state index contributed by atoms with van der Waals surface area (Å²) < 4.78 is 46.7. The number of nitrogens with zero attached hydrogens (tertiary/aromatic N) is 3. The standard InChI is InChI=1S/C24H26F2N6O4S/c1-34-24(37)29-11-17-12-32(31-30-17)18-9-19(25)21(20(26)10-18)27-7-8-28-22(33)16-13-35-23(36-14-16)15-5-3-2-4-6-15/h2-6,9-10,12,16,23,27H,7-8,11,13-14H2,1H3,(H,28,33)(H,29,37). The molecule has 1 aromatic heterocycles. The zero-order valence-corrected chi connectivity index (χ0v) is 20.8. The maximum absolute atomic E-state index is 14.6. The molecule has 0 saturated carbocycles. The zero-order chi connectivity index (χ0) is 26.2. The lowest BCUT2D eigenvalue weighted by Crippen LogP contribution is -2.41. The number of benzene rings is 2. The first-order chi connectivity index (χ1) is 17.9. The molecule has 3 aromatic rings. The summed E-state index contributed by atoms with van der Waals surface area (Å²) in [7, 11) is 1.43. The predicted molar refractivity (Wildman–Crippen MR) is 134 cm³/mol. The number of hydrogen-bond donors (Lipinski definition) is 3. The summed E-state index contributed by atoms with van der Waals surface area (Å²) in [5.41, 5.74) is 1.24. The number of ether oxygens (including phenoxy) is 3. The Bertz CT molecular complexity index is 1200. The minimum Gasteiger partial charge on any atom is -0.474 e. The summed E-state index contributed by atoms with van der Waals surface area (Å²) >= 11 is 4.89. The third kappa shape index (κ3) is 6.96. The van der Waals surface area contributed by atoms with E-state index in [0.717, 1.165) is 17.7 Å². The molecule has 4 rings (SSSR count). The molecular weight excluding hydrogens is 506 g/mol. The van der Waals surface area contributed by atoms with Gasteiger partial charge in [0.25, 0.3) is 5.17 Å². The molecule has 1 saturated heterocycles. The quantitative estimate of drug-likeness (QED) is 0.283. The normalized spacial score (nSPS) is 17.2. The zero-order valence-electron chi connectivity index (χ0n) is 19.9. The highest BCUT2D eigenvalue weighted by atomic mass is 32.1. The lowest BCUT2D eigenvalue weighted by molar-refractivity contribution is -0.205. The number of rotatable bonds is 9. The van der Waals surface area contributed by atoms with Crippen LogP contribution in [0.3, 0.4) is 0 Å². The van der Waals surface area contributed by atoms with Crippen molar-refractivity contribution in [3.8, 4) is 5.69 Å². The lowest BCUT2D eigenvalue weighted by atomic mass is 10.1. The molecule has 2 heterocycles. The Balaban J connectivity index is 1.23. The summed E-state index contributed by atoms with van der Waals surface area (Å²) in [5.74, 6) is -2.34. The molecule has 0 unspecified atom stereocenters. The maximum Gasteiger partial charge on any atom is 0.256 e. The Morgan fingerprint density at radius 2 is 1.84 bits per heavy atom. The summed E-state index contributed by atoms with van der Waals surface area (Å²) in [6, 6.07) is 11.7. The van der Waals surface area contributed by atoms with Crippen LogP contribution in [0.5, 0.6) is 0 Å². The summed E-state index contributed by atoms with van der Waals surface area (Å²) in [4.78, 5) is 12.4. The van der Waals surface area contributed by atoms with Crippen LogP contribution in [0, 0.1) is 17.6 Å². The van der Waals surface area contributed by atoms with E-state index in [1.54, 1.807) is 0 Å². The first-order valence-corrected chi connectivity index (χ1v) is 11.9. The number of hydrogen-bond acceptors (Lipinski definition) is 8. The van der Waals surface area contributed by atoms with Gasteiger partial charge in [-0.05, 0) is 12.2 Å². The van der Waals surface area contributed by atoms with Crippen molar-refractivity contribution in [1.29, 1.82) is 0 Å². The fraction of sp³-hybridized carbons (Fsp3) is 0.333. The summed E-state index contributed by atoms with van der Waals surface area (Å²) in [6.07, 6.45) is 1.01. The molecule has 2 aromatic carbocycles. The van der Waals surface area contributed by atoms with Crippen molar-refractivity contribution in [2.45, 2.75) is 12.8 Å². The molecule has 1 aliphatic rings. The van der Waals surface area contributed by atoms with Gasteiger partial charge in [-0.2, -0.15) is 0 Å². The Morgan fingerprint density at radius 3 is 2.51 bits per heavy atom. The Hall–Kier alpha value is -3.68. The second-order valence-electron chi connectivity index (χ2n) is 8.11. The molecule has 10 nitrogen and oxygen atoms in total. The van der Waals surface area contributed by atoms with E-state index in [-0.39, 0.29) is 55.3 Å². The van der Waals surface area contributed by atoms with Gasteiger partial charge in [0.05, 0.1) is 44.7 Å². The predicted octanol–water partition coefficient (Wildman–Crippen LogP) is 2.46. The topological polar surface area (TPSA) is 112 Å². The second-order valence-corrected chi connectivity index (χ2v) is 8.48. The van der Waals surface area contributed by atoms with Crippen LogP contribution in [0.25, 0.3) is 5.69 Å². The van der Waals surface area contributed by atoms with Gasteiger partial charge in [0.2, 0.25) is 5.91 Å². The first-order valence-electron chi connectivity index (χ1n) is 11.5. The van der Waals surface area contributed by atoms with Gasteiger partial charge >= 0.3 is 0 Å². The number of thiocarbonyl (C=S) groups is 1. The number of halogens is 2. The van der Waals surface area contributed by atoms with E-state index in [2.05, 4.69) is 26.3 Å². The Morgan fingerprint density at radius 1 is 1.14 bits per heavy atom. The van der Waals surface area contributed by atoms with Crippen LogP contribution in [0.1, 0.15) is 17.5 Å². The smallest absolute Gasteiger partial charge is 0.256 e. The van der Waals surface area contributed by atoms with Crippen LogP contribution in [0.4, 0.5) is 14.5 Å². The van der Waals surface area contributed by atoms with Crippen LogP contribution >= 0.6 is 12.2 Å². The van der Waals surface area contributed by atoms with Crippen LogP contribution in [0.2, 0.25) is 0 Å². The van der Waals surface area contributed by atoms with Crippen molar-refractivity contribution < 1.29 is 27.8 Å². The largest absolute Gasteiger partial charge is 0.474 e. The van der Waals surface area contributed by atoms with Crippen molar-refractivity contribution in [2.24, 2.45) is 5.92 Å².